The summed E-state index contributed by atoms with van der Waals surface area (Å²) < 4.78 is 69.4. The Kier molecular flexibility index (Phi) is 30.8. The van der Waals surface area contributed by atoms with Gasteiger partial charge in [0.15, 0.2) is 37.9 Å². The number of aromatic nitrogens is 2. The van der Waals surface area contributed by atoms with E-state index in [9.17, 15) is 32.1 Å². The molecular weight excluding hydrogens is 1280 g/mol. The number of carbonyl (C=O) groups is 4. The number of hydrogen-bond acceptors (Lipinski definition) is 15. The van der Waals surface area contributed by atoms with Crippen LogP contribution in [0.2, 0.25) is 0 Å². The van der Waals surface area contributed by atoms with Gasteiger partial charge in [0.05, 0.1) is 27.1 Å². The van der Waals surface area contributed by atoms with Gasteiger partial charge in [-0.3, -0.25) is 0 Å². The lowest BCUT2D eigenvalue weighted by Gasteiger charge is -2.14. The molecule has 0 aliphatic carbocycles. The van der Waals surface area contributed by atoms with Gasteiger partial charge in [-0.1, -0.05) is 80.8 Å². The summed E-state index contributed by atoms with van der Waals surface area (Å²) in [6.45, 7) is 23.4. The van der Waals surface area contributed by atoms with Gasteiger partial charge in [-0.05, 0) is 180 Å². The van der Waals surface area contributed by atoms with E-state index in [1.807, 2.05) is 153 Å². The summed E-state index contributed by atoms with van der Waals surface area (Å²) in [7, 11) is 3.76. The van der Waals surface area contributed by atoms with Crippen molar-refractivity contribution in [2.24, 2.45) is 0 Å². The van der Waals surface area contributed by atoms with Gasteiger partial charge in [-0.25, -0.2) is 36.7 Å². The van der Waals surface area contributed by atoms with E-state index in [-0.39, 0.29) is 21.9 Å². The molecule has 9 rings (SSSR count). The van der Waals surface area contributed by atoms with Crippen LogP contribution in [0.15, 0.2) is 200 Å². The average molecular weight is 1360 g/mol. The third-order valence-corrected chi connectivity index (χ3v) is 15.1. The van der Waals surface area contributed by atoms with Crippen LogP contribution in [0, 0.1) is 48.5 Å². The van der Waals surface area contributed by atoms with Crippen LogP contribution in [0.25, 0.3) is 0 Å². The van der Waals surface area contributed by atoms with Gasteiger partial charge in [0.25, 0.3) is 0 Å². The zero-order valence-electron chi connectivity index (χ0n) is 56.2. The average Bonchev–Trinajstić information content (AvgIpc) is 0.836. The zero-order chi connectivity index (χ0) is 68.4. The molecule has 0 saturated heterocycles. The Bertz CT molecular complexity index is 3770. The molecule has 0 radical (unpaired) electrons. The molecule has 0 fully saturated rings. The summed E-state index contributed by atoms with van der Waals surface area (Å²) in [5, 5.41) is 0. The number of esters is 4. The van der Waals surface area contributed by atoms with Crippen LogP contribution in [0.1, 0.15) is 108 Å². The molecule has 0 unspecified atom stereocenters. The number of anilines is 2. The second-order valence-corrected chi connectivity index (χ2v) is 22.7. The van der Waals surface area contributed by atoms with E-state index in [4.69, 9.17) is 28.4 Å². The van der Waals surface area contributed by atoms with Crippen LogP contribution in [0.3, 0.4) is 0 Å². The van der Waals surface area contributed by atoms with Crippen LogP contribution in [0.5, 0.6) is 34.5 Å². The first-order valence-corrected chi connectivity index (χ1v) is 31.9. The van der Waals surface area contributed by atoms with Gasteiger partial charge < -0.3 is 59.8 Å². The lowest BCUT2D eigenvalue weighted by molar-refractivity contribution is -0.697. The fourth-order valence-corrected chi connectivity index (χ4v) is 8.88. The van der Waals surface area contributed by atoms with Crippen LogP contribution >= 0.6 is 0 Å². The fraction of sp³-hybridized carbons (Fsp3) is 0.253. The number of pyridine rings is 2. The summed E-state index contributed by atoms with van der Waals surface area (Å²) in [5.41, 5.74) is 9.95. The standard InChI is InChI=1S/2C32H33N2O5.C7H8O3S.2C2H6.BrH/c2*1-22-6-8-25(9-7-22)31(35)38-29-14-15-30(24(3)23(29)2)39-32(36)26-10-12-28(13-11-26)37-21-20-34-18-16-27(17-19-34)33(4)5;1-6-2-4-7(5-3-6)11(8,9)10;2*1-2;/h2*6-19H,20-21H2,1-5H3;2-5H,1H3,(H,8,9,10);2*1-2H3;1H/q2*+1;;;;/p-2. The Labute approximate surface area is 564 Å². The van der Waals surface area contributed by atoms with Crippen LogP contribution in [-0.2, 0) is 23.2 Å². The molecule has 7 aromatic carbocycles. The van der Waals surface area contributed by atoms with Gasteiger partial charge in [-0.2, -0.15) is 0 Å². The number of aryl methyl sites for hydroxylation is 3. The summed E-state index contributed by atoms with van der Waals surface area (Å²) in [5.74, 6) is 1.16. The maximum Gasteiger partial charge on any atom is 0.343 e. The first-order chi connectivity index (χ1) is 44.4. The smallest absolute Gasteiger partial charge is 0.343 e. The molecular formula is C75H85BrN4O13S. The predicted molar refractivity (Wildman–Crippen MR) is 362 cm³/mol. The van der Waals surface area contributed by atoms with Crippen molar-refractivity contribution >= 4 is 45.4 Å². The van der Waals surface area contributed by atoms with Crippen molar-refractivity contribution in [2.75, 3.05) is 51.2 Å². The van der Waals surface area contributed by atoms with Gasteiger partial charge in [-0.15, -0.1) is 0 Å². The van der Waals surface area contributed by atoms with Crippen LogP contribution in [-0.4, -0.2) is 78.3 Å². The van der Waals surface area contributed by atoms with E-state index in [2.05, 4.69) is 43.2 Å². The van der Waals surface area contributed by atoms with E-state index >= 15 is 0 Å². The molecule has 0 saturated carbocycles. The predicted octanol–water partition coefficient (Wildman–Crippen LogP) is 10.9. The summed E-state index contributed by atoms with van der Waals surface area (Å²) in [6, 6.07) is 48.6. The quantitative estimate of drug-likeness (QED) is 0.0321. The van der Waals surface area contributed by atoms with Crippen molar-refractivity contribution in [2.45, 2.75) is 94.1 Å². The zero-order valence-corrected chi connectivity index (χ0v) is 58.6. The molecule has 0 spiro atoms. The van der Waals surface area contributed by atoms with Crippen molar-refractivity contribution in [3.63, 3.8) is 0 Å². The van der Waals surface area contributed by atoms with Crippen molar-refractivity contribution < 1.29 is 86.7 Å². The van der Waals surface area contributed by atoms with Gasteiger partial charge in [0.1, 0.15) is 57.8 Å². The Balaban J connectivity index is 0.000000326. The number of ether oxygens (including phenoxy) is 6. The first kappa shape index (κ1) is 76.8. The summed E-state index contributed by atoms with van der Waals surface area (Å²) in [4.78, 5) is 54.5. The molecule has 2 heterocycles. The van der Waals surface area contributed by atoms with E-state index in [1.165, 1.54) is 12.1 Å². The van der Waals surface area contributed by atoms with Crippen molar-refractivity contribution in [3.05, 3.63) is 256 Å². The Hall–Kier alpha value is -9.69. The molecule has 94 heavy (non-hydrogen) atoms. The first-order valence-electron chi connectivity index (χ1n) is 30.5. The Morgan fingerprint density at radius 2 is 0.606 bits per heavy atom. The van der Waals surface area contributed by atoms with Gasteiger partial charge in [0.2, 0.25) is 0 Å². The van der Waals surface area contributed by atoms with Crippen LogP contribution < -0.4 is 64.3 Å². The number of halogens is 1. The second-order valence-electron chi connectivity index (χ2n) is 21.3. The van der Waals surface area contributed by atoms with Gasteiger partial charge >= 0.3 is 23.9 Å². The van der Waals surface area contributed by atoms with E-state index in [0.29, 0.717) is 94.2 Å². The molecule has 0 bridgehead atoms. The minimum Gasteiger partial charge on any atom is -1.00 e. The second kappa shape index (κ2) is 37.7. The number of nitrogens with zero attached hydrogens (tertiary/aromatic N) is 4. The largest absolute Gasteiger partial charge is 1.00 e. The highest BCUT2D eigenvalue weighted by Gasteiger charge is 2.19. The minimum absolute atomic E-state index is 0. The van der Waals surface area contributed by atoms with Gasteiger partial charge in [0, 0.05) is 63.8 Å². The van der Waals surface area contributed by atoms with E-state index in [1.54, 1.807) is 109 Å². The SMILES string of the molecule is CC.CC.Cc1ccc(C(=O)Oc2ccc(OC(=O)c3ccc(OCC[n+]4ccc(N(C)C)cc4)cc3)c(C)c2C)cc1.Cc1ccc(C(=O)Oc2ccc(OC(=O)c3ccc(OCC[n+]4ccc(N(C)C)cc4)cc3)c(C)c2C)cc1.Cc1ccc(S(=O)(=O)[O-])cc1.[Br-]. The normalized spacial score (nSPS) is 10.3. The lowest BCUT2D eigenvalue weighted by atomic mass is 10.1. The molecule has 2 aromatic heterocycles. The molecule has 0 atom stereocenters. The highest BCUT2D eigenvalue weighted by molar-refractivity contribution is 7.85. The van der Waals surface area contributed by atoms with Crippen molar-refractivity contribution in [1.29, 1.82) is 0 Å². The fourth-order valence-electron chi connectivity index (χ4n) is 8.41. The van der Waals surface area contributed by atoms with E-state index in [0.717, 1.165) is 39.2 Å². The van der Waals surface area contributed by atoms with Crippen molar-refractivity contribution in [3.8, 4) is 34.5 Å². The summed E-state index contributed by atoms with van der Waals surface area (Å²) in [6.07, 6.45) is 8.06. The minimum atomic E-state index is -4.27. The van der Waals surface area contributed by atoms with Crippen LogP contribution in [0.4, 0.5) is 11.4 Å². The number of benzene rings is 7. The Morgan fingerprint density at radius 3 is 0.840 bits per heavy atom. The number of hydrogen-bond donors (Lipinski definition) is 0. The summed E-state index contributed by atoms with van der Waals surface area (Å²) >= 11 is 0. The maximum atomic E-state index is 12.8. The third-order valence-electron chi connectivity index (χ3n) is 14.3. The molecule has 17 nitrogen and oxygen atoms in total. The highest BCUT2D eigenvalue weighted by atomic mass is 79.9. The molecule has 19 heteroatoms. The molecule has 0 aliphatic rings. The number of rotatable bonds is 19. The highest BCUT2D eigenvalue weighted by Crippen LogP contribution is 2.32. The molecule has 9 aromatic rings. The maximum absolute atomic E-state index is 12.8. The van der Waals surface area contributed by atoms with E-state index < -0.39 is 34.0 Å². The lowest BCUT2D eigenvalue weighted by Crippen LogP contribution is -3.00. The van der Waals surface area contributed by atoms with Crippen molar-refractivity contribution in [1.82, 2.24) is 0 Å². The Morgan fingerprint density at radius 1 is 0.372 bits per heavy atom. The number of carbonyl (C=O) groups excluding carboxylic acids is 4. The monoisotopic (exact) mass is 1360 g/mol. The molecule has 496 valence electrons. The topological polar surface area (TPSA) is 195 Å². The molecule has 0 amide bonds. The third kappa shape index (κ3) is 23.5. The molecule has 0 N–H and O–H groups in total. The molecule has 0 aliphatic heterocycles.